The van der Waals surface area contributed by atoms with Crippen molar-refractivity contribution in [2.45, 2.75) is 13.1 Å². The fourth-order valence-corrected chi connectivity index (χ4v) is 4.23. The number of nitrogens with zero attached hydrogens (tertiary/aromatic N) is 3. The van der Waals surface area contributed by atoms with Gasteiger partial charge in [-0.25, -0.2) is 4.98 Å². The molecule has 2 N–H and O–H groups in total. The second-order valence-corrected chi connectivity index (χ2v) is 8.28. The minimum atomic E-state index is 0.544. The topological polar surface area (TPSA) is 65.7 Å². The van der Waals surface area contributed by atoms with Crippen molar-refractivity contribution >= 4 is 23.4 Å². The summed E-state index contributed by atoms with van der Waals surface area (Å²) < 4.78 is 5.59. The third-order valence-corrected chi connectivity index (χ3v) is 5.95. The number of anilines is 1. The van der Waals surface area contributed by atoms with Crippen molar-refractivity contribution in [3.05, 3.63) is 72.1 Å². The molecule has 0 radical (unpaired) electrons. The van der Waals surface area contributed by atoms with Crippen LogP contribution in [0.4, 0.5) is 5.69 Å². The summed E-state index contributed by atoms with van der Waals surface area (Å²) in [5, 5.41) is 6.65. The van der Waals surface area contributed by atoms with Crippen LogP contribution in [0.25, 0.3) is 11.5 Å². The van der Waals surface area contributed by atoms with Crippen LogP contribution >= 0.6 is 11.8 Å². The van der Waals surface area contributed by atoms with E-state index in [2.05, 4.69) is 49.8 Å². The summed E-state index contributed by atoms with van der Waals surface area (Å²) in [7, 11) is 1.77. The Bertz CT molecular complexity index is 949. The van der Waals surface area contributed by atoms with Gasteiger partial charge in [0.25, 0.3) is 0 Å². The van der Waals surface area contributed by atoms with Crippen LogP contribution in [0.3, 0.4) is 0 Å². The third kappa shape index (κ3) is 5.36. The Morgan fingerprint density at radius 2 is 1.77 bits per heavy atom. The van der Waals surface area contributed by atoms with Crippen molar-refractivity contribution in [1.29, 1.82) is 0 Å². The van der Waals surface area contributed by atoms with Crippen LogP contribution in [0.1, 0.15) is 11.3 Å². The average Bonchev–Trinajstić information content (AvgIpc) is 3.30. The molecule has 0 aliphatic carbocycles. The molecule has 7 heteroatoms. The van der Waals surface area contributed by atoms with Crippen molar-refractivity contribution in [3.8, 4) is 11.5 Å². The van der Waals surface area contributed by atoms with Crippen LogP contribution in [0.2, 0.25) is 0 Å². The summed E-state index contributed by atoms with van der Waals surface area (Å²) in [5.74, 6) is 3.78. The van der Waals surface area contributed by atoms with E-state index in [4.69, 9.17) is 4.42 Å². The number of hydrogen-bond donors (Lipinski definition) is 2. The van der Waals surface area contributed by atoms with E-state index in [0.29, 0.717) is 19.0 Å². The smallest absolute Gasteiger partial charge is 0.226 e. The number of aromatic nitrogens is 1. The molecule has 156 valence electrons. The zero-order chi connectivity index (χ0) is 20.6. The quantitative estimate of drug-likeness (QED) is 0.467. The van der Waals surface area contributed by atoms with E-state index in [-0.39, 0.29) is 0 Å². The number of benzene rings is 2. The zero-order valence-electron chi connectivity index (χ0n) is 17.2. The summed E-state index contributed by atoms with van der Waals surface area (Å²) in [5.41, 5.74) is 4.33. The van der Waals surface area contributed by atoms with Crippen molar-refractivity contribution in [2.75, 3.05) is 36.5 Å². The van der Waals surface area contributed by atoms with E-state index in [1.165, 1.54) is 22.8 Å². The molecule has 30 heavy (non-hydrogen) atoms. The maximum Gasteiger partial charge on any atom is 0.226 e. The maximum atomic E-state index is 5.59. The Hall–Kier alpha value is -2.93. The van der Waals surface area contributed by atoms with Gasteiger partial charge in [-0.3, -0.25) is 4.99 Å². The Morgan fingerprint density at radius 1 is 1.03 bits per heavy atom. The fraction of sp³-hybridized carbons (Fsp3) is 0.304. The van der Waals surface area contributed by atoms with Crippen molar-refractivity contribution < 1.29 is 4.42 Å². The number of guanidine groups is 1. The number of thioether (sulfide) groups is 1. The molecular weight excluding hydrogens is 394 g/mol. The highest BCUT2D eigenvalue weighted by Crippen LogP contribution is 2.20. The van der Waals surface area contributed by atoms with E-state index >= 15 is 0 Å². The van der Waals surface area contributed by atoms with Crippen molar-refractivity contribution in [2.24, 2.45) is 4.99 Å². The number of rotatable bonds is 6. The van der Waals surface area contributed by atoms with E-state index in [1.807, 2.05) is 42.1 Å². The predicted molar refractivity (Wildman–Crippen MR) is 125 cm³/mol. The van der Waals surface area contributed by atoms with Crippen molar-refractivity contribution in [3.63, 3.8) is 0 Å². The lowest BCUT2D eigenvalue weighted by Gasteiger charge is -2.28. The van der Waals surface area contributed by atoms with Gasteiger partial charge in [0.2, 0.25) is 5.89 Å². The van der Waals surface area contributed by atoms with Crippen LogP contribution in [0.15, 0.2) is 70.3 Å². The molecule has 4 rings (SSSR count). The molecule has 0 amide bonds. The Morgan fingerprint density at radius 3 is 2.50 bits per heavy atom. The normalized spacial score (nSPS) is 14.6. The van der Waals surface area contributed by atoms with Crippen molar-refractivity contribution in [1.82, 2.24) is 15.6 Å². The highest BCUT2D eigenvalue weighted by molar-refractivity contribution is 7.99. The third-order valence-electron chi connectivity index (χ3n) is 5.01. The highest BCUT2D eigenvalue weighted by atomic mass is 32.2. The Labute approximate surface area is 181 Å². The molecule has 0 bridgehead atoms. The van der Waals surface area contributed by atoms with Crippen LogP contribution in [-0.4, -0.2) is 42.6 Å². The lowest BCUT2D eigenvalue weighted by molar-refractivity contribution is 0.572. The predicted octanol–water partition coefficient (Wildman–Crippen LogP) is 3.76. The molecule has 2 aromatic carbocycles. The van der Waals surface area contributed by atoms with Crippen LogP contribution < -0.4 is 15.5 Å². The molecule has 2 heterocycles. The van der Waals surface area contributed by atoms with Gasteiger partial charge in [-0.05, 0) is 29.8 Å². The maximum absolute atomic E-state index is 5.59. The fourth-order valence-electron chi connectivity index (χ4n) is 3.33. The molecule has 1 aliphatic rings. The van der Waals surface area contributed by atoms with Gasteiger partial charge in [0.15, 0.2) is 5.96 Å². The van der Waals surface area contributed by atoms with Gasteiger partial charge in [-0.15, -0.1) is 0 Å². The van der Waals surface area contributed by atoms with E-state index in [1.54, 1.807) is 13.3 Å². The first-order chi connectivity index (χ1) is 14.8. The monoisotopic (exact) mass is 421 g/mol. The number of hydrogen-bond acceptors (Lipinski definition) is 5. The summed E-state index contributed by atoms with van der Waals surface area (Å²) in [4.78, 5) is 11.3. The molecule has 0 unspecified atom stereocenters. The first kappa shape index (κ1) is 20.3. The number of aliphatic imine (C=N–C) groups is 1. The Kier molecular flexibility index (Phi) is 6.92. The van der Waals surface area contributed by atoms with Gasteiger partial charge < -0.3 is 20.0 Å². The second-order valence-electron chi connectivity index (χ2n) is 7.06. The lowest BCUT2D eigenvalue weighted by Crippen LogP contribution is -2.36. The highest BCUT2D eigenvalue weighted by Gasteiger charge is 2.11. The average molecular weight is 422 g/mol. The van der Waals surface area contributed by atoms with E-state index < -0.39 is 0 Å². The molecule has 0 spiro atoms. The molecule has 0 saturated carbocycles. The molecular formula is C23H27N5OS. The van der Waals surface area contributed by atoms with Gasteiger partial charge in [0.05, 0.1) is 12.2 Å². The molecule has 6 nitrogen and oxygen atoms in total. The second kappa shape index (κ2) is 10.2. The number of oxazole rings is 1. The molecule has 1 aliphatic heterocycles. The molecule has 1 aromatic heterocycles. The lowest BCUT2D eigenvalue weighted by atomic mass is 10.2. The Balaban J connectivity index is 1.26. The van der Waals surface area contributed by atoms with Gasteiger partial charge in [-0.2, -0.15) is 11.8 Å². The SMILES string of the molecule is CN=C(NCc1ccc(N2CCSCC2)cc1)NCc1coc(-c2ccccc2)n1. The van der Waals surface area contributed by atoms with Gasteiger partial charge >= 0.3 is 0 Å². The summed E-state index contributed by atoms with van der Waals surface area (Å²) in [6.45, 7) is 3.52. The largest absolute Gasteiger partial charge is 0.444 e. The molecule has 1 saturated heterocycles. The van der Waals surface area contributed by atoms with Crippen LogP contribution in [0.5, 0.6) is 0 Å². The molecule has 1 fully saturated rings. The minimum Gasteiger partial charge on any atom is -0.444 e. The number of nitrogens with one attached hydrogen (secondary N) is 2. The van der Waals surface area contributed by atoms with E-state index in [9.17, 15) is 0 Å². The van der Waals surface area contributed by atoms with Gasteiger partial charge in [-0.1, -0.05) is 30.3 Å². The van der Waals surface area contributed by atoms with Crippen LogP contribution in [-0.2, 0) is 13.1 Å². The zero-order valence-corrected chi connectivity index (χ0v) is 18.0. The summed E-state index contributed by atoms with van der Waals surface area (Å²) >= 11 is 2.03. The van der Waals surface area contributed by atoms with Gasteiger partial charge in [0.1, 0.15) is 6.26 Å². The van der Waals surface area contributed by atoms with E-state index in [0.717, 1.165) is 30.3 Å². The first-order valence-electron chi connectivity index (χ1n) is 10.2. The summed E-state index contributed by atoms with van der Waals surface area (Å²) in [6, 6.07) is 18.7. The molecule has 3 aromatic rings. The van der Waals surface area contributed by atoms with Crippen LogP contribution in [0, 0.1) is 0 Å². The van der Waals surface area contributed by atoms with Gasteiger partial charge in [0, 0.05) is 49.4 Å². The standard InChI is InChI=1S/C23H27N5OS/c1-24-23(26-16-20-17-29-22(27-20)19-5-3-2-4-6-19)25-15-18-7-9-21(10-8-18)28-11-13-30-14-12-28/h2-10,17H,11-16H2,1H3,(H2,24,25,26). The minimum absolute atomic E-state index is 0.544. The summed E-state index contributed by atoms with van der Waals surface area (Å²) in [6.07, 6.45) is 1.68. The molecule has 0 atom stereocenters. The first-order valence-corrected chi connectivity index (χ1v) is 11.3.